The van der Waals surface area contributed by atoms with E-state index in [2.05, 4.69) is 43.5 Å². The fourth-order valence-corrected chi connectivity index (χ4v) is 3.92. The number of aryl methyl sites for hydroxylation is 1. The minimum atomic E-state index is 0. The third-order valence-electron chi connectivity index (χ3n) is 4.17. The molecule has 1 aromatic carbocycles. The molecule has 0 amide bonds. The van der Waals surface area contributed by atoms with Gasteiger partial charge in [0.1, 0.15) is 0 Å². The van der Waals surface area contributed by atoms with Crippen LogP contribution in [0.1, 0.15) is 29.2 Å². The number of guanidine groups is 1. The van der Waals surface area contributed by atoms with E-state index in [1.54, 1.807) is 21.3 Å². The number of aliphatic imine (C=N–C) groups is 1. The SMILES string of the molecule is CCNC(=NCc1cc(OC)c(OC)c(OC)c1)NC(C)Cc1ccc(C)s1.I. The number of ether oxygens (including phenoxy) is 3. The topological polar surface area (TPSA) is 64.1 Å². The van der Waals surface area contributed by atoms with E-state index in [-0.39, 0.29) is 30.0 Å². The van der Waals surface area contributed by atoms with Gasteiger partial charge in [0.25, 0.3) is 0 Å². The first-order chi connectivity index (χ1) is 13.5. The maximum Gasteiger partial charge on any atom is 0.203 e. The van der Waals surface area contributed by atoms with Crippen LogP contribution >= 0.6 is 35.3 Å². The fraction of sp³-hybridized carbons (Fsp3) is 0.476. The van der Waals surface area contributed by atoms with Crippen LogP contribution in [0.2, 0.25) is 0 Å². The summed E-state index contributed by atoms with van der Waals surface area (Å²) in [5, 5.41) is 6.79. The number of nitrogens with one attached hydrogen (secondary N) is 2. The molecule has 0 aliphatic carbocycles. The van der Waals surface area contributed by atoms with Crippen molar-refractivity contribution in [1.82, 2.24) is 10.6 Å². The predicted octanol–water partition coefficient (Wildman–Crippen LogP) is 4.39. The molecule has 0 fully saturated rings. The van der Waals surface area contributed by atoms with Crippen LogP contribution in [-0.4, -0.2) is 39.9 Å². The average molecular weight is 533 g/mol. The Morgan fingerprint density at radius 1 is 1.10 bits per heavy atom. The molecular formula is C21H32IN3O3S. The molecule has 29 heavy (non-hydrogen) atoms. The van der Waals surface area contributed by atoms with E-state index < -0.39 is 0 Å². The minimum absolute atomic E-state index is 0. The van der Waals surface area contributed by atoms with E-state index in [0.717, 1.165) is 24.5 Å². The highest BCUT2D eigenvalue weighted by Gasteiger charge is 2.13. The molecule has 0 radical (unpaired) electrons. The van der Waals surface area contributed by atoms with Gasteiger partial charge in [0.15, 0.2) is 17.5 Å². The highest BCUT2D eigenvalue weighted by Crippen LogP contribution is 2.38. The molecule has 1 aromatic heterocycles. The van der Waals surface area contributed by atoms with Gasteiger partial charge in [0, 0.05) is 28.8 Å². The lowest BCUT2D eigenvalue weighted by atomic mass is 10.2. The third-order valence-corrected chi connectivity index (χ3v) is 5.20. The quantitative estimate of drug-likeness (QED) is 0.285. The molecule has 0 saturated carbocycles. The number of hydrogen-bond acceptors (Lipinski definition) is 5. The van der Waals surface area contributed by atoms with E-state index in [1.807, 2.05) is 23.5 Å². The van der Waals surface area contributed by atoms with Gasteiger partial charge < -0.3 is 24.8 Å². The normalized spacial score (nSPS) is 12.0. The molecule has 2 aromatic rings. The summed E-state index contributed by atoms with van der Waals surface area (Å²) in [6.07, 6.45) is 0.965. The van der Waals surface area contributed by atoms with Crippen LogP contribution in [0.3, 0.4) is 0 Å². The van der Waals surface area contributed by atoms with Gasteiger partial charge in [-0.05, 0) is 50.6 Å². The molecular weight excluding hydrogens is 501 g/mol. The lowest BCUT2D eigenvalue weighted by molar-refractivity contribution is 0.324. The van der Waals surface area contributed by atoms with Gasteiger partial charge in [0.05, 0.1) is 27.9 Å². The van der Waals surface area contributed by atoms with Crippen LogP contribution in [0.15, 0.2) is 29.3 Å². The van der Waals surface area contributed by atoms with Crippen LogP contribution in [0.25, 0.3) is 0 Å². The van der Waals surface area contributed by atoms with Crippen molar-refractivity contribution >= 4 is 41.3 Å². The van der Waals surface area contributed by atoms with Crippen LogP contribution in [-0.2, 0) is 13.0 Å². The molecule has 0 bridgehead atoms. The zero-order valence-corrected chi connectivity index (χ0v) is 21.1. The van der Waals surface area contributed by atoms with E-state index in [4.69, 9.17) is 19.2 Å². The second-order valence-corrected chi connectivity index (χ2v) is 7.86. The molecule has 2 rings (SSSR count). The fourth-order valence-electron chi connectivity index (χ4n) is 2.90. The van der Waals surface area contributed by atoms with Crippen LogP contribution in [0, 0.1) is 6.92 Å². The van der Waals surface area contributed by atoms with Gasteiger partial charge in [-0.15, -0.1) is 35.3 Å². The Morgan fingerprint density at radius 3 is 2.24 bits per heavy atom. The molecule has 0 saturated heterocycles. The summed E-state index contributed by atoms with van der Waals surface area (Å²) in [4.78, 5) is 7.43. The smallest absolute Gasteiger partial charge is 0.203 e. The molecule has 2 N–H and O–H groups in total. The Kier molecular flexibility index (Phi) is 11.2. The highest BCUT2D eigenvalue weighted by molar-refractivity contribution is 14.0. The van der Waals surface area contributed by atoms with E-state index in [9.17, 15) is 0 Å². The van der Waals surface area contributed by atoms with Crippen molar-refractivity contribution in [2.24, 2.45) is 4.99 Å². The van der Waals surface area contributed by atoms with E-state index >= 15 is 0 Å². The lowest BCUT2D eigenvalue weighted by Crippen LogP contribution is -2.43. The summed E-state index contributed by atoms with van der Waals surface area (Å²) >= 11 is 1.84. The predicted molar refractivity (Wildman–Crippen MR) is 132 cm³/mol. The molecule has 0 spiro atoms. The number of thiophene rings is 1. The van der Waals surface area contributed by atoms with Crippen LogP contribution < -0.4 is 24.8 Å². The minimum Gasteiger partial charge on any atom is -0.493 e. The number of rotatable bonds is 9. The van der Waals surface area contributed by atoms with Crippen LogP contribution in [0.4, 0.5) is 0 Å². The molecule has 1 atom stereocenters. The third kappa shape index (κ3) is 7.58. The van der Waals surface area contributed by atoms with Crippen LogP contribution in [0.5, 0.6) is 17.2 Å². The van der Waals surface area contributed by atoms with Crippen molar-refractivity contribution in [2.75, 3.05) is 27.9 Å². The molecule has 6 nitrogen and oxygen atoms in total. The maximum absolute atomic E-state index is 5.42. The first-order valence-electron chi connectivity index (χ1n) is 9.39. The lowest BCUT2D eigenvalue weighted by Gasteiger charge is -2.18. The van der Waals surface area contributed by atoms with Gasteiger partial charge in [0.2, 0.25) is 5.75 Å². The van der Waals surface area contributed by atoms with Gasteiger partial charge in [-0.3, -0.25) is 0 Å². The molecule has 0 aliphatic rings. The van der Waals surface area contributed by atoms with Crippen molar-refractivity contribution in [2.45, 2.75) is 39.8 Å². The van der Waals surface area contributed by atoms with Crippen molar-refractivity contribution in [1.29, 1.82) is 0 Å². The zero-order chi connectivity index (χ0) is 20.5. The molecule has 8 heteroatoms. The summed E-state index contributed by atoms with van der Waals surface area (Å²) in [5.74, 6) is 2.64. The number of nitrogens with zero attached hydrogens (tertiary/aromatic N) is 1. The van der Waals surface area contributed by atoms with Crippen molar-refractivity contribution < 1.29 is 14.2 Å². The summed E-state index contributed by atoms with van der Waals surface area (Å²) in [7, 11) is 4.83. The van der Waals surface area contributed by atoms with Gasteiger partial charge >= 0.3 is 0 Å². The number of methoxy groups -OCH3 is 3. The van der Waals surface area contributed by atoms with Crippen molar-refractivity contribution in [3.63, 3.8) is 0 Å². The van der Waals surface area contributed by atoms with Gasteiger partial charge in [-0.25, -0.2) is 4.99 Å². The average Bonchev–Trinajstić information content (AvgIpc) is 3.09. The largest absolute Gasteiger partial charge is 0.493 e. The summed E-state index contributed by atoms with van der Waals surface area (Å²) in [5.41, 5.74) is 0.980. The van der Waals surface area contributed by atoms with E-state index in [1.165, 1.54) is 9.75 Å². The maximum atomic E-state index is 5.42. The zero-order valence-electron chi connectivity index (χ0n) is 18.0. The molecule has 1 unspecified atom stereocenters. The van der Waals surface area contributed by atoms with Crippen molar-refractivity contribution in [3.8, 4) is 17.2 Å². The number of halogens is 1. The Bertz CT molecular complexity index is 770. The van der Waals surface area contributed by atoms with E-state index in [0.29, 0.717) is 23.8 Å². The van der Waals surface area contributed by atoms with Gasteiger partial charge in [-0.2, -0.15) is 0 Å². The first kappa shape index (κ1) is 25.4. The Hall–Kier alpha value is -1.68. The number of benzene rings is 1. The molecule has 162 valence electrons. The Morgan fingerprint density at radius 2 is 1.76 bits per heavy atom. The standard InChI is InChI=1S/C21H31N3O3S.HI/c1-7-22-21(24-14(2)10-17-9-8-15(3)28-17)23-13-16-11-18(25-4)20(27-6)19(12-16)26-5;/h8-9,11-12,14H,7,10,13H2,1-6H3,(H2,22,23,24);1H. The Balaban J connectivity index is 0.00000420. The molecule has 0 aliphatic heterocycles. The van der Waals surface area contributed by atoms with Crippen molar-refractivity contribution in [3.05, 3.63) is 39.6 Å². The van der Waals surface area contributed by atoms with Gasteiger partial charge in [-0.1, -0.05) is 0 Å². The highest BCUT2D eigenvalue weighted by atomic mass is 127. The molecule has 1 heterocycles. The second kappa shape index (κ2) is 12.8. The summed E-state index contributed by atoms with van der Waals surface area (Å²) in [6.45, 7) is 7.66. The summed E-state index contributed by atoms with van der Waals surface area (Å²) < 4.78 is 16.2. The summed E-state index contributed by atoms with van der Waals surface area (Å²) in [6, 6.07) is 8.48. The second-order valence-electron chi connectivity index (χ2n) is 6.49. The monoisotopic (exact) mass is 533 g/mol. The Labute approximate surface area is 195 Å². The first-order valence-corrected chi connectivity index (χ1v) is 10.2. The number of hydrogen-bond donors (Lipinski definition) is 2.